The van der Waals surface area contributed by atoms with Crippen LogP contribution in [-0.4, -0.2) is 43.3 Å². The molecule has 1 atom stereocenters. The Bertz CT molecular complexity index is 1270. The molecule has 8 nitrogen and oxygen atoms in total. The molecule has 1 aliphatic rings. The van der Waals surface area contributed by atoms with Crippen molar-refractivity contribution in [2.45, 2.75) is 19.3 Å². The van der Waals surface area contributed by atoms with Crippen LogP contribution in [0.4, 0.5) is 5.69 Å². The van der Waals surface area contributed by atoms with Crippen LogP contribution in [0.3, 0.4) is 0 Å². The minimum atomic E-state index is -0.502. The van der Waals surface area contributed by atoms with Crippen molar-refractivity contribution in [2.24, 2.45) is 0 Å². The van der Waals surface area contributed by atoms with Crippen molar-refractivity contribution in [1.82, 2.24) is 4.90 Å². The highest BCUT2D eigenvalue weighted by Gasteiger charge is 2.36. The number of rotatable bonds is 9. The number of carbonyl (C=O) groups is 1. The van der Waals surface area contributed by atoms with Gasteiger partial charge >= 0.3 is 5.69 Å². The Kier molecular flexibility index (Phi) is 7.65. The topological polar surface area (TPSA) is 91.1 Å². The van der Waals surface area contributed by atoms with Gasteiger partial charge in [0, 0.05) is 32.6 Å². The maximum Gasteiger partial charge on any atom is 0.315 e. The maximum absolute atomic E-state index is 13.3. The second-order valence-corrected chi connectivity index (χ2v) is 8.31. The summed E-state index contributed by atoms with van der Waals surface area (Å²) in [4.78, 5) is 26.5. The number of benzene rings is 3. The quantitative estimate of drug-likeness (QED) is 0.225. The van der Waals surface area contributed by atoms with E-state index in [9.17, 15) is 14.9 Å². The second kappa shape index (κ2) is 11.0. The molecular formula is C28H28N2O6. The molecule has 4 rings (SSSR count). The molecule has 8 heteroatoms. The summed E-state index contributed by atoms with van der Waals surface area (Å²) in [7, 11) is 3.20. The molecule has 0 aromatic heterocycles. The fourth-order valence-electron chi connectivity index (χ4n) is 4.54. The zero-order valence-corrected chi connectivity index (χ0v) is 20.5. The molecule has 3 aromatic rings. The van der Waals surface area contributed by atoms with Crippen LogP contribution < -0.4 is 9.47 Å². The van der Waals surface area contributed by atoms with Gasteiger partial charge in [-0.05, 0) is 35.3 Å². The van der Waals surface area contributed by atoms with Crippen molar-refractivity contribution >= 4 is 22.9 Å². The predicted molar refractivity (Wildman–Crippen MR) is 137 cm³/mol. The Balaban J connectivity index is 1.99. The zero-order chi connectivity index (χ0) is 25.7. The molecule has 1 heterocycles. The molecule has 0 aliphatic carbocycles. The van der Waals surface area contributed by atoms with E-state index in [2.05, 4.69) is 0 Å². The van der Waals surface area contributed by atoms with Gasteiger partial charge in [-0.25, -0.2) is 0 Å². The van der Waals surface area contributed by atoms with E-state index in [-0.39, 0.29) is 42.9 Å². The summed E-state index contributed by atoms with van der Waals surface area (Å²) in [5.41, 5.74) is 3.85. The minimum absolute atomic E-state index is 0.000211. The molecular weight excluding hydrogens is 460 g/mol. The van der Waals surface area contributed by atoms with Crippen LogP contribution in [-0.2, 0) is 9.53 Å². The number of carbonyl (C=O) groups excluding carboxylic acids is 1. The molecule has 186 valence electrons. The smallest absolute Gasteiger partial charge is 0.315 e. The van der Waals surface area contributed by atoms with E-state index in [0.29, 0.717) is 5.56 Å². The molecule has 36 heavy (non-hydrogen) atoms. The number of hydrogen-bond acceptors (Lipinski definition) is 6. The minimum Gasteiger partial charge on any atom is -0.490 e. The number of methoxy groups -OCH3 is 1. The number of allylic oxidation sites excluding steroid dienone is 1. The largest absolute Gasteiger partial charge is 0.490 e. The lowest BCUT2D eigenvalue weighted by atomic mass is 9.78. The lowest BCUT2D eigenvalue weighted by Crippen LogP contribution is -2.33. The molecule has 0 radical (unpaired) electrons. The molecule has 0 bridgehead atoms. The monoisotopic (exact) mass is 488 g/mol. The summed E-state index contributed by atoms with van der Waals surface area (Å²) in [6, 6.07) is 22.7. The summed E-state index contributed by atoms with van der Waals surface area (Å²) >= 11 is 0. The van der Waals surface area contributed by atoms with Crippen molar-refractivity contribution in [3.63, 3.8) is 0 Å². The number of ether oxygens (including phenoxy) is 3. The van der Waals surface area contributed by atoms with Crippen molar-refractivity contribution in [3.8, 4) is 11.5 Å². The predicted octanol–water partition coefficient (Wildman–Crippen LogP) is 5.49. The Labute approximate surface area is 209 Å². The third-order valence-electron chi connectivity index (χ3n) is 6.10. The van der Waals surface area contributed by atoms with Crippen LogP contribution in [0.15, 0.2) is 72.8 Å². The van der Waals surface area contributed by atoms with Crippen LogP contribution >= 0.6 is 0 Å². The van der Waals surface area contributed by atoms with Crippen LogP contribution in [0.25, 0.3) is 11.3 Å². The van der Waals surface area contributed by atoms with Crippen LogP contribution in [0.1, 0.15) is 36.0 Å². The summed E-state index contributed by atoms with van der Waals surface area (Å²) in [6.45, 7) is 1.91. The number of nitro benzene ring substituents is 1. The van der Waals surface area contributed by atoms with E-state index < -0.39 is 10.8 Å². The molecule has 1 amide bonds. The molecule has 1 aliphatic heterocycles. The average molecular weight is 489 g/mol. The Hall–Kier alpha value is -4.17. The van der Waals surface area contributed by atoms with E-state index in [1.165, 1.54) is 13.2 Å². The Morgan fingerprint density at radius 1 is 1.00 bits per heavy atom. The van der Waals surface area contributed by atoms with Gasteiger partial charge in [-0.1, -0.05) is 60.7 Å². The highest BCUT2D eigenvalue weighted by Crippen LogP contribution is 2.48. The molecule has 0 spiro atoms. The fourth-order valence-corrected chi connectivity index (χ4v) is 4.54. The Morgan fingerprint density at radius 2 is 1.64 bits per heavy atom. The number of amides is 1. The third kappa shape index (κ3) is 4.94. The normalized spacial score (nSPS) is 15.7. The van der Waals surface area contributed by atoms with Crippen LogP contribution in [0, 0.1) is 10.1 Å². The number of nitro groups is 1. The maximum atomic E-state index is 13.3. The number of nitrogens with zero attached hydrogens (tertiary/aromatic N) is 2. The van der Waals surface area contributed by atoms with E-state index in [1.807, 2.05) is 60.7 Å². The van der Waals surface area contributed by atoms with Gasteiger partial charge in [-0.2, -0.15) is 0 Å². The van der Waals surface area contributed by atoms with Gasteiger partial charge in [0.15, 0.2) is 12.5 Å². The fraction of sp³-hybridized carbons (Fsp3) is 0.250. The lowest BCUT2D eigenvalue weighted by molar-refractivity contribution is -0.386. The van der Waals surface area contributed by atoms with Gasteiger partial charge < -0.3 is 19.1 Å². The Morgan fingerprint density at radius 3 is 2.22 bits per heavy atom. The highest BCUT2D eigenvalue weighted by molar-refractivity contribution is 6.04. The average Bonchev–Trinajstić information content (AvgIpc) is 2.89. The first-order valence-corrected chi connectivity index (χ1v) is 11.6. The zero-order valence-electron chi connectivity index (χ0n) is 20.5. The summed E-state index contributed by atoms with van der Waals surface area (Å²) in [6.07, 6.45) is 0.151. The van der Waals surface area contributed by atoms with Crippen LogP contribution in [0.2, 0.25) is 0 Å². The molecule has 0 N–H and O–H groups in total. The van der Waals surface area contributed by atoms with E-state index >= 15 is 0 Å². The van der Waals surface area contributed by atoms with Crippen molar-refractivity contribution in [3.05, 3.63) is 99.6 Å². The first kappa shape index (κ1) is 24.9. The molecule has 3 aromatic carbocycles. The van der Waals surface area contributed by atoms with Crippen molar-refractivity contribution in [1.29, 1.82) is 0 Å². The lowest BCUT2D eigenvalue weighted by Gasteiger charge is -2.35. The SMILES string of the molecule is CCOc1cc(C2CC(=O)N(C)C(c3ccccc3)=C2c2ccccc2)cc([N+](=O)[O-])c1OCOC. The van der Waals surface area contributed by atoms with Gasteiger partial charge in [-0.3, -0.25) is 14.9 Å². The molecule has 0 fully saturated rings. The van der Waals surface area contributed by atoms with Gasteiger partial charge in [0.05, 0.1) is 17.2 Å². The van der Waals surface area contributed by atoms with Gasteiger partial charge in [0.25, 0.3) is 0 Å². The number of hydrogen-bond donors (Lipinski definition) is 0. The van der Waals surface area contributed by atoms with Gasteiger partial charge in [-0.15, -0.1) is 0 Å². The summed E-state index contributed by atoms with van der Waals surface area (Å²) in [5.74, 6) is -0.293. The molecule has 1 unspecified atom stereocenters. The van der Waals surface area contributed by atoms with E-state index in [0.717, 1.165) is 22.4 Å². The first-order chi connectivity index (χ1) is 17.5. The molecule has 0 saturated heterocycles. The summed E-state index contributed by atoms with van der Waals surface area (Å²) < 4.78 is 16.3. The summed E-state index contributed by atoms with van der Waals surface area (Å²) in [5, 5.41) is 12.1. The highest BCUT2D eigenvalue weighted by atomic mass is 16.7. The third-order valence-corrected chi connectivity index (χ3v) is 6.10. The standard InChI is InChI=1S/C28H28N2O6/c1-4-35-24-16-21(15-23(30(32)33)28(24)36-18-34-3)22-17-25(31)29(2)27(20-13-9-6-10-14-20)26(22)19-11-7-5-8-12-19/h5-16,22H,4,17-18H2,1-3H3. The van der Waals surface area contributed by atoms with Gasteiger partial charge in [0.1, 0.15) is 0 Å². The van der Waals surface area contributed by atoms with Crippen molar-refractivity contribution < 1.29 is 23.9 Å². The first-order valence-electron chi connectivity index (χ1n) is 11.6. The van der Waals surface area contributed by atoms with Crippen LogP contribution in [0.5, 0.6) is 11.5 Å². The van der Waals surface area contributed by atoms with E-state index in [1.54, 1.807) is 24.9 Å². The molecule has 0 saturated carbocycles. The van der Waals surface area contributed by atoms with Gasteiger partial charge in [0.2, 0.25) is 11.7 Å². The van der Waals surface area contributed by atoms with Crippen molar-refractivity contribution in [2.75, 3.05) is 27.6 Å². The van der Waals surface area contributed by atoms with E-state index in [4.69, 9.17) is 14.2 Å². The second-order valence-electron chi connectivity index (χ2n) is 8.31.